The fourth-order valence-corrected chi connectivity index (χ4v) is 2.49. The summed E-state index contributed by atoms with van der Waals surface area (Å²) in [6.07, 6.45) is 0. The second kappa shape index (κ2) is 5.87. The molecule has 0 bridgehead atoms. The van der Waals surface area contributed by atoms with E-state index in [1.54, 1.807) is 0 Å². The minimum absolute atomic E-state index is 0.286. The number of nitrogens with zero attached hydrogens (tertiary/aromatic N) is 3. The molecule has 4 nitrogen and oxygen atoms in total. The zero-order valence-electron chi connectivity index (χ0n) is 12.4. The summed E-state index contributed by atoms with van der Waals surface area (Å²) in [6.45, 7) is 6.98. The van der Waals surface area contributed by atoms with E-state index >= 15 is 0 Å². The lowest BCUT2D eigenvalue weighted by Gasteiger charge is -2.23. The normalized spacial score (nSPS) is 11.1. The molecule has 0 unspecified atom stereocenters. The van der Waals surface area contributed by atoms with Gasteiger partial charge in [0, 0.05) is 24.1 Å². The molecule has 2 rings (SSSR count). The van der Waals surface area contributed by atoms with Gasteiger partial charge < -0.3 is 10.6 Å². The molecule has 2 N–H and O–H groups in total. The molecule has 0 radical (unpaired) electrons. The van der Waals surface area contributed by atoms with Crippen LogP contribution < -0.4 is 10.6 Å². The van der Waals surface area contributed by atoms with E-state index in [4.69, 9.17) is 5.73 Å². The number of aromatic nitrogens is 2. The van der Waals surface area contributed by atoms with Crippen LogP contribution in [0.5, 0.6) is 0 Å². The van der Waals surface area contributed by atoms with E-state index in [2.05, 4.69) is 64.0 Å². The number of aryl methyl sites for hydroxylation is 1. The third-order valence-electron chi connectivity index (χ3n) is 3.29. The van der Waals surface area contributed by atoms with Crippen LogP contribution in [-0.2, 0) is 6.54 Å². The van der Waals surface area contributed by atoms with E-state index in [0.717, 1.165) is 28.2 Å². The molecular formula is C15H21BrN4. The predicted octanol–water partition coefficient (Wildman–Crippen LogP) is 3.75. The van der Waals surface area contributed by atoms with Crippen molar-refractivity contribution in [1.82, 2.24) is 9.78 Å². The van der Waals surface area contributed by atoms with Crippen LogP contribution in [0, 0.1) is 6.92 Å². The zero-order chi connectivity index (χ0) is 14.9. The second-order valence-corrected chi connectivity index (χ2v) is 6.26. The van der Waals surface area contributed by atoms with Crippen molar-refractivity contribution in [1.29, 1.82) is 0 Å². The highest BCUT2D eigenvalue weighted by atomic mass is 79.9. The van der Waals surface area contributed by atoms with E-state index in [1.165, 1.54) is 5.56 Å². The van der Waals surface area contributed by atoms with Crippen LogP contribution >= 0.6 is 15.9 Å². The average Bonchev–Trinajstić information content (AvgIpc) is 2.69. The summed E-state index contributed by atoms with van der Waals surface area (Å²) in [5, 5.41) is 4.53. The van der Waals surface area contributed by atoms with Crippen LogP contribution in [0.15, 0.2) is 28.7 Å². The van der Waals surface area contributed by atoms with Crippen LogP contribution in [-0.4, -0.2) is 16.8 Å². The molecule has 20 heavy (non-hydrogen) atoms. The first-order chi connectivity index (χ1) is 9.40. The van der Waals surface area contributed by atoms with E-state index in [1.807, 2.05) is 18.7 Å². The molecule has 108 valence electrons. The number of benzene rings is 1. The third-order valence-corrected chi connectivity index (χ3v) is 3.82. The van der Waals surface area contributed by atoms with Crippen LogP contribution in [0.25, 0.3) is 0 Å². The Balaban J connectivity index is 2.29. The van der Waals surface area contributed by atoms with E-state index in [9.17, 15) is 0 Å². The highest BCUT2D eigenvalue weighted by Crippen LogP contribution is 2.29. The van der Waals surface area contributed by atoms with E-state index in [-0.39, 0.29) is 6.04 Å². The molecule has 5 heteroatoms. The quantitative estimate of drug-likeness (QED) is 0.924. The smallest absolute Gasteiger partial charge is 0.150 e. The summed E-state index contributed by atoms with van der Waals surface area (Å²) in [6, 6.07) is 8.61. The lowest BCUT2D eigenvalue weighted by Crippen LogP contribution is -2.22. The Morgan fingerprint density at radius 2 is 1.90 bits per heavy atom. The lowest BCUT2D eigenvalue weighted by atomic mass is 10.2. The van der Waals surface area contributed by atoms with E-state index < -0.39 is 0 Å². The maximum absolute atomic E-state index is 6.19. The number of rotatable bonds is 4. The van der Waals surface area contributed by atoms with Crippen molar-refractivity contribution < 1.29 is 0 Å². The molecule has 0 spiro atoms. The van der Waals surface area contributed by atoms with Crippen molar-refractivity contribution >= 4 is 27.4 Å². The standard InChI is InChI=1S/C15H21BrN4/c1-10(2)20-15(14(17)11(3)18-20)19(4)9-12-5-7-13(16)8-6-12/h5-8,10H,9,17H2,1-4H3. The van der Waals surface area contributed by atoms with Gasteiger partial charge in [-0.25, -0.2) is 4.68 Å². The molecule has 2 aromatic rings. The van der Waals surface area contributed by atoms with Gasteiger partial charge in [-0.15, -0.1) is 0 Å². The third kappa shape index (κ3) is 2.98. The Morgan fingerprint density at radius 1 is 1.30 bits per heavy atom. The average molecular weight is 337 g/mol. The topological polar surface area (TPSA) is 47.1 Å². The van der Waals surface area contributed by atoms with Gasteiger partial charge in [0.05, 0.1) is 11.4 Å². The van der Waals surface area contributed by atoms with Gasteiger partial charge in [-0.05, 0) is 38.5 Å². The highest BCUT2D eigenvalue weighted by molar-refractivity contribution is 9.10. The van der Waals surface area contributed by atoms with Crippen molar-refractivity contribution in [2.45, 2.75) is 33.4 Å². The molecule has 1 heterocycles. The number of nitrogens with two attached hydrogens (primary N) is 1. The fourth-order valence-electron chi connectivity index (χ4n) is 2.23. The minimum Gasteiger partial charge on any atom is -0.394 e. The van der Waals surface area contributed by atoms with Gasteiger partial charge in [-0.2, -0.15) is 5.10 Å². The fraction of sp³-hybridized carbons (Fsp3) is 0.400. The Kier molecular flexibility index (Phi) is 4.38. The van der Waals surface area contributed by atoms with Gasteiger partial charge in [-0.1, -0.05) is 28.1 Å². The molecule has 0 aliphatic carbocycles. The molecule has 0 amide bonds. The summed E-state index contributed by atoms with van der Waals surface area (Å²) in [7, 11) is 2.05. The molecule has 0 aliphatic rings. The molecular weight excluding hydrogens is 316 g/mol. The molecule has 1 aromatic carbocycles. The molecule has 0 saturated carbocycles. The van der Waals surface area contributed by atoms with Gasteiger partial charge in [0.2, 0.25) is 0 Å². The van der Waals surface area contributed by atoms with Gasteiger partial charge >= 0.3 is 0 Å². The molecule has 0 saturated heterocycles. The number of halogens is 1. The number of nitrogen functional groups attached to an aromatic ring is 1. The Labute approximate surface area is 128 Å². The molecule has 0 aliphatic heterocycles. The largest absolute Gasteiger partial charge is 0.394 e. The minimum atomic E-state index is 0.286. The van der Waals surface area contributed by atoms with E-state index in [0.29, 0.717) is 0 Å². The van der Waals surface area contributed by atoms with Crippen molar-refractivity contribution in [3.05, 3.63) is 40.0 Å². The van der Waals surface area contributed by atoms with Gasteiger partial charge in [0.1, 0.15) is 0 Å². The summed E-state index contributed by atoms with van der Waals surface area (Å²) in [4.78, 5) is 2.15. The SMILES string of the molecule is Cc1nn(C(C)C)c(N(C)Cc2ccc(Br)cc2)c1N. The summed E-state index contributed by atoms with van der Waals surface area (Å²) in [5.41, 5.74) is 9.08. The Hall–Kier alpha value is -1.49. The van der Waals surface area contributed by atoms with Crippen LogP contribution in [0.4, 0.5) is 11.5 Å². The monoisotopic (exact) mass is 336 g/mol. The van der Waals surface area contributed by atoms with Crippen LogP contribution in [0.1, 0.15) is 31.1 Å². The maximum atomic E-state index is 6.19. The first-order valence-electron chi connectivity index (χ1n) is 6.70. The van der Waals surface area contributed by atoms with Crippen LogP contribution in [0.2, 0.25) is 0 Å². The highest BCUT2D eigenvalue weighted by Gasteiger charge is 2.18. The van der Waals surface area contributed by atoms with Crippen molar-refractivity contribution in [2.24, 2.45) is 0 Å². The van der Waals surface area contributed by atoms with Crippen molar-refractivity contribution in [2.75, 3.05) is 17.7 Å². The first-order valence-corrected chi connectivity index (χ1v) is 7.49. The molecule has 1 aromatic heterocycles. The first kappa shape index (κ1) is 14.9. The zero-order valence-corrected chi connectivity index (χ0v) is 14.0. The number of hydrogen-bond donors (Lipinski definition) is 1. The summed E-state index contributed by atoms with van der Waals surface area (Å²) >= 11 is 3.45. The predicted molar refractivity (Wildman–Crippen MR) is 88.0 cm³/mol. The van der Waals surface area contributed by atoms with Gasteiger partial charge in [0.25, 0.3) is 0 Å². The number of hydrogen-bond acceptors (Lipinski definition) is 3. The number of anilines is 2. The van der Waals surface area contributed by atoms with Gasteiger partial charge in [-0.3, -0.25) is 0 Å². The van der Waals surface area contributed by atoms with Crippen LogP contribution in [0.3, 0.4) is 0 Å². The molecule has 0 atom stereocenters. The Bertz CT molecular complexity index is 587. The van der Waals surface area contributed by atoms with Crippen molar-refractivity contribution in [3.63, 3.8) is 0 Å². The Morgan fingerprint density at radius 3 is 2.45 bits per heavy atom. The van der Waals surface area contributed by atoms with Crippen molar-refractivity contribution in [3.8, 4) is 0 Å². The van der Waals surface area contributed by atoms with Gasteiger partial charge in [0.15, 0.2) is 5.82 Å². The maximum Gasteiger partial charge on any atom is 0.150 e. The second-order valence-electron chi connectivity index (χ2n) is 5.34. The summed E-state index contributed by atoms with van der Waals surface area (Å²) < 4.78 is 3.08. The lowest BCUT2D eigenvalue weighted by molar-refractivity contribution is 0.525. The summed E-state index contributed by atoms with van der Waals surface area (Å²) in [5.74, 6) is 0.986. The molecule has 0 fully saturated rings.